The molecule has 2 N–H and O–H groups in total. The van der Waals surface area contributed by atoms with Crippen molar-refractivity contribution >= 4 is 11.6 Å². The highest BCUT2D eigenvalue weighted by atomic mass is 19.1. The van der Waals surface area contributed by atoms with E-state index in [9.17, 15) is 14.3 Å². The molecule has 2 unspecified atom stereocenters. The summed E-state index contributed by atoms with van der Waals surface area (Å²) in [5.41, 5.74) is 2.34. The van der Waals surface area contributed by atoms with Gasteiger partial charge in [0.15, 0.2) is 0 Å². The van der Waals surface area contributed by atoms with Crippen molar-refractivity contribution in [3.63, 3.8) is 0 Å². The molecule has 0 aromatic heterocycles. The van der Waals surface area contributed by atoms with Gasteiger partial charge in [-0.05, 0) is 67.6 Å². The molecule has 2 aromatic carbocycles. The first kappa shape index (κ1) is 17.4. The number of rotatable bonds is 5. The smallest absolute Gasteiger partial charge is 0.230 e. The molecule has 2 atom stereocenters. The summed E-state index contributed by atoms with van der Waals surface area (Å²) in [6, 6.07) is 11.7. The van der Waals surface area contributed by atoms with Crippen molar-refractivity contribution in [1.82, 2.24) is 0 Å². The molecule has 1 aliphatic rings. The molecule has 25 heavy (non-hydrogen) atoms. The summed E-state index contributed by atoms with van der Waals surface area (Å²) in [4.78, 5) is 12.3. The highest BCUT2D eigenvalue weighted by Gasteiger charge is 2.31. The minimum atomic E-state index is -0.547. The van der Waals surface area contributed by atoms with Gasteiger partial charge in [0.25, 0.3) is 0 Å². The van der Waals surface area contributed by atoms with Gasteiger partial charge in [-0.1, -0.05) is 12.1 Å². The van der Waals surface area contributed by atoms with E-state index in [0.717, 1.165) is 24.0 Å². The maximum Gasteiger partial charge on any atom is 0.230 e. The lowest BCUT2D eigenvalue weighted by molar-refractivity contribution is -0.122. The van der Waals surface area contributed by atoms with Gasteiger partial charge >= 0.3 is 0 Å². The standard InChI is InChI=1S/C20H22FNO3/c1-13-10-16(25-12-14-4-2-5-15(21)11-14)8-9-18(13)22-20(24)17-6-3-7-19(17)23/h2,4-5,8-11,17,19,23H,3,6-7,12H2,1H3,(H,22,24). The van der Waals surface area contributed by atoms with Crippen LogP contribution in [-0.2, 0) is 11.4 Å². The van der Waals surface area contributed by atoms with Gasteiger partial charge in [-0.2, -0.15) is 0 Å². The molecule has 1 aliphatic carbocycles. The van der Waals surface area contributed by atoms with Crippen LogP contribution >= 0.6 is 0 Å². The van der Waals surface area contributed by atoms with Crippen molar-refractivity contribution in [1.29, 1.82) is 0 Å². The number of benzene rings is 2. The Morgan fingerprint density at radius 2 is 2.12 bits per heavy atom. The Kier molecular flexibility index (Phi) is 5.34. The second-order valence-corrected chi connectivity index (χ2v) is 6.49. The van der Waals surface area contributed by atoms with E-state index in [1.807, 2.05) is 13.0 Å². The fourth-order valence-electron chi connectivity index (χ4n) is 3.13. The first-order valence-corrected chi connectivity index (χ1v) is 8.50. The van der Waals surface area contributed by atoms with Gasteiger partial charge in [-0.25, -0.2) is 4.39 Å². The monoisotopic (exact) mass is 343 g/mol. The van der Waals surface area contributed by atoms with E-state index in [1.165, 1.54) is 12.1 Å². The van der Waals surface area contributed by atoms with E-state index < -0.39 is 6.10 Å². The zero-order chi connectivity index (χ0) is 17.8. The third kappa shape index (κ3) is 4.37. The Labute approximate surface area is 146 Å². The number of nitrogens with one attached hydrogen (secondary N) is 1. The van der Waals surface area contributed by atoms with Gasteiger partial charge in [-0.3, -0.25) is 4.79 Å². The lowest BCUT2D eigenvalue weighted by Crippen LogP contribution is -2.28. The number of carbonyl (C=O) groups is 1. The maximum atomic E-state index is 13.2. The maximum absolute atomic E-state index is 13.2. The number of halogens is 1. The first-order valence-electron chi connectivity index (χ1n) is 8.50. The molecule has 1 saturated carbocycles. The number of hydrogen-bond acceptors (Lipinski definition) is 3. The molecule has 5 heteroatoms. The zero-order valence-electron chi connectivity index (χ0n) is 14.2. The van der Waals surface area contributed by atoms with E-state index in [4.69, 9.17) is 4.74 Å². The van der Waals surface area contributed by atoms with Crippen LogP contribution in [0.25, 0.3) is 0 Å². The van der Waals surface area contributed by atoms with Crippen LogP contribution < -0.4 is 10.1 Å². The van der Waals surface area contributed by atoms with Crippen molar-refractivity contribution in [2.24, 2.45) is 5.92 Å². The van der Waals surface area contributed by atoms with Gasteiger partial charge in [0.1, 0.15) is 18.2 Å². The number of hydrogen-bond donors (Lipinski definition) is 2. The molecule has 0 saturated heterocycles. The van der Waals surface area contributed by atoms with Crippen LogP contribution in [0.2, 0.25) is 0 Å². The van der Waals surface area contributed by atoms with Crippen LogP contribution in [0.5, 0.6) is 5.75 Å². The van der Waals surface area contributed by atoms with Crippen molar-refractivity contribution in [2.75, 3.05) is 5.32 Å². The lowest BCUT2D eigenvalue weighted by Gasteiger charge is -2.16. The van der Waals surface area contributed by atoms with E-state index in [-0.39, 0.29) is 24.2 Å². The normalized spacial score (nSPS) is 19.6. The minimum absolute atomic E-state index is 0.137. The molecule has 0 radical (unpaired) electrons. The molecule has 1 amide bonds. The highest BCUT2D eigenvalue weighted by molar-refractivity contribution is 5.93. The molecular formula is C20H22FNO3. The van der Waals surface area contributed by atoms with Crippen LogP contribution in [0.15, 0.2) is 42.5 Å². The van der Waals surface area contributed by atoms with Crippen molar-refractivity contribution in [3.05, 3.63) is 59.4 Å². The average Bonchev–Trinajstić information content (AvgIpc) is 3.01. The van der Waals surface area contributed by atoms with Crippen LogP contribution in [0.3, 0.4) is 0 Å². The van der Waals surface area contributed by atoms with Crippen molar-refractivity contribution in [2.45, 2.75) is 38.9 Å². The van der Waals surface area contributed by atoms with Gasteiger partial charge in [0.05, 0.1) is 12.0 Å². The fourth-order valence-corrected chi connectivity index (χ4v) is 3.13. The van der Waals surface area contributed by atoms with Crippen LogP contribution in [-0.4, -0.2) is 17.1 Å². The molecule has 0 heterocycles. The summed E-state index contributed by atoms with van der Waals surface area (Å²) in [5.74, 6) is -0.102. The molecule has 4 nitrogen and oxygen atoms in total. The predicted molar refractivity (Wildman–Crippen MR) is 93.9 cm³/mol. The number of aliphatic hydroxyl groups excluding tert-OH is 1. The summed E-state index contributed by atoms with van der Waals surface area (Å²) < 4.78 is 18.9. The number of anilines is 1. The second kappa shape index (κ2) is 7.66. The van der Waals surface area contributed by atoms with Crippen LogP contribution in [0.1, 0.15) is 30.4 Å². The Hall–Kier alpha value is -2.40. The molecule has 0 aliphatic heterocycles. The topological polar surface area (TPSA) is 58.6 Å². The summed E-state index contributed by atoms with van der Waals surface area (Å²) in [6.45, 7) is 2.16. The van der Waals surface area contributed by atoms with Crippen LogP contribution in [0.4, 0.5) is 10.1 Å². The number of carbonyl (C=O) groups excluding carboxylic acids is 1. The molecule has 3 rings (SSSR count). The lowest BCUT2D eigenvalue weighted by atomic mass is 10.0. The quantitative estimate of drug-likeness (QED) is 0.868. The first-order chi connectivity index (χ1) is 12.0. The number of aryl methyl sites for hydroxylation is 1. The van der Waals surface area contributed by atoms with Crippen molar-refractivity contribution in [3.8, 4) is 5.75 Å². The second-order valence-electron chi connectivity index (χ2n) is 6.49. The van der Waals surface area contributed by atoms with Gasteiger partial charge in [0, 0.05) is 5.69 Å². The summed E-state index contributed by atoms with van der Waals surface area (Å²) in [7, 11) is 0. The molecule has 132 valence electrons. The molecule has 1 fully saturated rings. The number of amides is 1. The minimum Gasteiger partial charge on any atom is -0.489 e. The van der Waals surface area contributed by atoms with Crippen LogP contribution in [0, 0.1) is 18.7 Å². The summed E-state index contributed by atoms with van der Waals surface area (Å²) in [5, 5.41) is 12.7. The van der Waals surface area contributed by atoms with Gasteiger partial charge in [0.2, 0.25) is 5.91 Å². The van der Waals surface area contributed by atoms with E-state index in [0.29, 0.717) is 17.9 Å². The van der Waals surface area contributed by atoms with E-state index in [1.54, 1.807) is 24.3 Å². The van der Waals surface area contributed by atoms with E-state index in [2.05, 4.69) is 5.32 Å². The average molecular weight is 343 g/mol. The fraction of sp³-hybridized carbons (Fsp3) is 0.350. The van der Waals surface area contributed by atoms with Gasteiger partial charge in [-0.15, -0.1) is 0 Å². The predicted octanol–water partition coefficient (Wildman–Crippen LogP) is 3.81. The third-order valence-corrected chi connectivity index (χ3v) is 4.57. The largest absolute Gasteiger partial charge is 0.489 e. The molecule has 0 spiro atoms. The number of aliphatic hydroxyl groups is 1. The Bertz CT molecular complexity index is 762. The molecule has 0 bridgehead atoms. The molecule has 2 aromatic rings. The van der Waals surface area contributed by atoms with Gasteiger partial charge < -0.3 is 15.2 Å². The Morgan fingerprint density at radius 3 is 2.80 bits per heavy atom. The Balaban J connectivity index is 1.61. The third-order valence-electron chi connectivity index (χ3n) is 4.57. The number of ether oxygens (including phenoxy) is 1. The summed E-state index contributed by atoms with van der Waals surface area (Å²) in [6.07, 6.45) is 1.74. The summed E-state index contributed by atoms with van der Waals surface area (Å²) >= 11 is 0. The zero-order valence-corrected chi connectivity index (χ0v) is 14.2. The molecular weight excluding hydrogens is 321 g/mol. The van der Waals surface area contributed by atoms with Crippen molar-refractivity contribution < 1.29 is 19.0 Å². The van der Waals surface area contributed by atoms with E-state index >= 15 is 0 Å². The SMILES string of the molecule is Cc1cc(OCc2cccc(F)c2)ccc1NC(=O)C1CCCC1O. The highest BCUT2D eigenvalue weighted by Crippen LogP contribution is 2.28. The Morgan fingerprint density at radius 1 is 1.28 bits per heavy atom.